The Hall–Kier alpha value is -0.340. The van der Waals surface area contributed by atoms with Crippen molar-refractivity contribution in [3.63, 3.8) is 0 Å². The first-order valence-corrected chi connectivity index (χ1v) is 5.84. The first-order valence-electron chi connectivity index (χ1n) is 5.84. The summed E-state index contributed by atoms with van der Waals surface area (Å²) >= 11 is 0. The lowest BCUT2D eigenvalue weighted by Crippen LogP contribution is -2.36. The highest BCUT2D eigenvalue weighted by Crippen LogP contribution is 2.32. The summed E-state index contributed by atoms with van der Waals surface area (Å²) in [6.07, 6.45) is 7.36. The molecule has 0 saturated carbocycles. The van der Waals surface area contributed by atoms with Crippen molar-refractivity contribution in [2.75, 3.05) is 26.7 Å². The molecule has 0 aromatic heterocycles. The lowest BCUT2D eigenvalue weighted by Gasteiger charge is -2.20. The van der Waals surface area contributed by atoms with Gasteiger partial charge in [-0.15, -0.1) is 0 Å². The van der Waals surface area contributed by atoms with Crippen LogP contribution in [0.25, 0.3) is 0 Å². The molecule has 1 fully saturated rings. The SMILES string of the molecule is CNC(C)CN1C[C@H]2CC=CC[C@H]2C1. The highest BCUT2D eigenvalue weighted by Gasteiger charge is 2.32. The largest absolute Gasteiger partial charge is 0.316 e. The number of rotatable bonds is 3. The molecule has 3 atom stereocenters. The molecule has 2 aliphatic rings. The van der Waals surface area contributed by atoms with E-state index in [2.05, 4.69) is 36.3 Å². The molecule has 1 aliphatic carbocycles. The Morgan fingerprint density at radius 2 is 1.86 bits per heavy atom. The molecule has 1 heterocycles. The summed E-state index contributed by atoms with van der Waals surface area (Å²) in [5.41, 5.74) is 0. The van der Waals surface area contributed by atoms with Crippen LogP contribution in [0.15, 0.2) is 12.2 Å². The molecule has 1 unspecified atom stereocenters. The fourth-order valence-corrected chi connectivity index (χ4v) is 2.74. The number of likely N-dealkylation sites (tertiary alicyclic amines) is 1. The molecule has 80 valence electrons. The Kier molecular flexibility index (Phi) is 3.24. The minimum atomic E-state index is 0.628. The second kappa shape index (κ2) is 4.45. The van der Waals surface area contributed by atoms with Crippen molar-refractivity contribution < 1.29 is 0 Å². The summed E-state index contributed by atoms with van der Waals surface area (Å²) in [5, 5.41) is 3.32. The van der Waals surface area contributed by atoms with Crippen LogP contribution < -0.4 is 5.32 Å². The van der Waals surface area contributed by atoms with Crippen LogP contribution in [0.3, 0.4) is 0 Å². The lowest BCUT2D eigenvalue weighted by molar-refractivity contribution is 0.291. The van der Waals surface area contributed by atoms with Crippen LogP contribution in [0.4, 0.5) is 0 Å². The molecule has 0 amide bonds. The van der Waals surface area contributed by atoms with E-state index in [-0.39, 0.29) is 0 Å². The van der Waals surface area contributed by atoms with Gasteiger partial charge in [-0.1, -0.05) is 12.2 Å². The fraction of sp³-hybridized carbons (Fsp3) is 0.833. The molecule has 14 heavy (non-hydrogen) atoms. The Morgan fingerprint density at radius 1 is 1.29 bits per heavy atom. The van der Waals surface area contributed by atoms with Gasteiger partial charge in [-0.25, -0.2) is 0 Å². The van der Waals surface area contributed by atoms with Crippen LogP contribution in [0.5, 0.6) is 0 Å². The van der Waals surface area contributed by atoms with Gasteiger partial charge in [0.2, 0.25) is 0 Å². The van der Waals surface area contributed by atoms with Crippen molar-refractivity contribution in [1.82, 2.24) is 10.2 Å². The van der Waals surface area contributed by atoms with Crippen molar-refractivity contribution in [2.24, 2.45) is 11.8 Å². The minimum Gasteiger partial charge on any atom is -0.316 e. The van der Waals surface area contributed by atoms with E-state index >= 15 is 0 Å². The first-order chi connectivity index (χ1) is 6.79. The van der Waals surface area contributed by atoms with Crippen LogP contribution in [-0.4, -0.2) is 37.6 Å². The Bertz CT molecular complexity index is 196. The summed E-state index contributed by atoms with van der Waals surface area (Å²) < 4.78 is 0. The molecule has 1 aliphatic heterocycles. The minimum absolute atomic E-state index is 0.628. The van der Waals surface area contributed by atoms with Crippen LogP contribution >= 0.6 is 0 Å². The molecule has 1 N–H and O–H groups in total. The van der Waals surface area contributed by atoms with E-state index in [1.54, 1.807) is 0 Å². The van der Waals surface area contributed by atoms with Gasteiger partial charge < -0.3 is 10.2 Å². The molecular formula is C12H22N2. The fourth-order valence-electron chi connectivity index (χ4n) is 2.74. The van der Waals surface area contributed by atoms with Crippen molar-refractivity contribution in [1.29, 1.82) is 0 Å². The highest BCUT2D eigenvalue weighted by molar-refractivity contribution is 4.99. The molecule has 0 spiro atoms. The third-order valence-electron chi connectivity index (χ3n) is 3.72. The molecule has 0 aromatic carbocycles. The van der Waals surface area contributed by atoms with Gasteiger partial charge in [0.25, 0.3) is 0 Å². The molecule has 2 nitrogen and oxygen atoms in total. The summed E-state index contributed by atoms with van der Waals surface area (Å²) in [6.45, 7) is 6.12. The molecular weight excluding hydrogens is 172 g/mol. The average Bonchev–Trinajstić information content (AvgIpc) is 2.59. The van der Waals surface area contributed by atoms with Gasteiger partial charge >= 0.3 is 0 Å². The third-order valence-corrected chi connectivity index (χ3v) is 3.72. The lowest BCUT2D eigenvalue weighted by atomic mass is 9.86. The normalized spacial score (nSPS) is 34.4. The Labute approximate surface area is 87.4 Å². The smallest absolute Gasteiger partial charge is 0.0163 e. The number of likely N-dealkylation sites (N-methyl/N-ethyl adjacent to an activating group) is 1. The number of allylic oxidation sites excluding steroid dienone is 2. The predicted molar refractivity (Wildman–Crippen MR) is 60.3 cm³/mol. The maximum atomic E-state index is 3.32. The summed E-state index contributed by atoms with van der Waals surface area (Å²) in [4.78, 5) is 2.63. The third kappa shape index (κ3) is 2.18. The number of hydrogen-bond donors (Lipinski definition) is 1. The van der Waals surface area contributed by atoms with E-state index in [4.69, 9.17) is 0 Å². The Morgan fingerprint density at radius 3 is 2.36 bits per heavy atom. The van der Waals surface area contributed by atoms with E-state index in [1.165, 1.54) is 32.5 Å². The van der Waals surface area contributed by atoms with Gasteiger partial charge in [0, 0.05) is 25.7 Å². The van der Waals surface area contributed by atoms with Gasteiger partial charge in [0.05, 0.1) is 0 Å². The molecule has 1 saturated heterocycles. The maximum Gasteiger partial charge on any atom is 0.0163 e. The van der Waals surface area contributed by atoms with E-state index in [0.29, 0.717) is 6.04 Å². The second-order valence-electron chi connectivity index (χ2n) is 4.87. The van der Waals surface area contributed by atoms with Crippen LogP contribution in [0.1, 0.15) is 19.8 Å². The molecule has 2 rings (SSSR count). The van der Waals surface area contributed by atoms with E-state index in [1.807, 2.05) is 0 Å². The number of nitrogens with zero attached hydrogens (tertiary/aromatic N) is 1. The second-order valence-corrected chi connectivity index (χ2v) is 4.87. The van der Waals surface area contributed by atoms with Gasteiger partial charge in [-0.05, 0) is 38.6 Å². The monoisotopic (exact) mass is 194 g/mol. The van der Waals surface area contributed by atoms with Gasteiger partial charge in [-0.2, -0.15) is 0 Å². The number of hydrogen-bond acceptors (Lipinski definition) is 2. The molecule has 0 aromatic rings. The number of fused-ring (bicyclic) bond motifs is 1. The van der Waals surface area contributed by atoms with Crippen molar-refractivity contribution in [2.45, 2.75) is 25.8 Å². The zero-order valence-electron chi connectivity index (χ0n) is 9.37. The van der Waals surface area contributed by atoms with Crippen LogP contribution in [0, 0.1) is 11.8 Å². The highest BCUT2D eigenvalue weighted by atomic mass is 15.2. The standard InChI is InChI=1S/C12H22N2/c1-10(13-2)7-14-8-11-5-3-4-6-12(11)9-14/h3-4,10-13H,5-9H2,1-2H3/t10?,11-,12+. The summed E-state index contributed by atoms with van der Waals surface area (Å²) in [5.74, 6) is 1.90. The van der Waals surface area contributed by atoms with Crippen molar-refractivity contribution in [3.8, 4) is 0 Å². The topological polar surface area (TPSA) is 15.3 Å². The summed E-state index contributed by atoms with van der Waals surface area (Å²) in [7, 11) is 2.05. The molecule has 0 bridgehead atoms. The van der Waals surface area contributed by atoms with Crippen molar-refractivity contribution in [3.05, 3.63) is 12.2 Å². The molecule has 2 heteroatoms. The van der Waals surface area contributed by atoms with Crippen LogP contribution in [0.2, 0.25) is 0 Å². The van der Waals surface area contributed by atoms with Gasteiger partial charge in [-0.3, -0.25) is 0 Å². The average molecular weight is 194 g/mol. The Balaban J connectivity index is 1.83. The first kappa shape index (κ1) is 10.2. The zero-order valence-corrected chi connectivity index (χ0v) is 9.37. The summed E-state index contributed by atoms with van der Waals surface area (Å²) in [6, 6.07) is 0.628. The van der Waals surface area contributed by atoms with Gasteiger partial charge in [0.1, 0.15) is 0 Å². The van der Waals surface area contributed by atoms with Gasteiger partial charge in [0.15, 0.2) is 0 Å². The van der Waals surface area contributed by atoms with Crippen molar-refractivity contribution >= 4 is 0 Å². The van der Waals surface area contributed by atoms with E-state index in [9.17, 15) is 0 Å². The van der Waals surface area contributed by atoms with E-state index in [0.717, 1.165) is 11.8 Å². The number of nitrogens with one attached hydrogen (secondary N) is 1. The van der Waals surface area contributed by atoms with Crippen LogP contribution in [-0.2, 0) is 0 Å². The van der Waals surface area contributed by atoms with E-state index < -0.39 is 0 Å². The maximum absolute atomic E-state index is 3.32. The quantitative estimate of drug-likeness (QED) is 0.685. The predicted octanol–water partition coefficient (Wildman–Crippen LogP) is 1.49. The zero-order chi connectivity index (χ0) is 9.97. The molecule has 0 radical (unpaired) electrons.